The Bertz CT molecular complexity index is 1290. The van der Waals surface area contributed by atoms with Crippen molar-refractivity contribution in [2.75, 3.05) is 17.1 Å². The molecule has 1 heterocycles. The number of sulfonamides is 1. The van der Waals surface area contributed by atoms with Crippen LogP contribution in [0.15, 0.2) is 59.8 Å². The predicted octanol–water partition coefficient (Wildman–Crippen LogP) is 4.79. The molecule has 1 aliphatic rings. The summed E-state index contributed by atoms with van der Waals surface area (Å²) in [6, 6.07) is 12.0. The molecule has 0 radical (unpaired) electrons. The third-order valence-corrected chi connectivity index (χ3v) is 7.73. The van der Waals surface area contributed by atoms with Crippen LogP contribution in [0.4, 0.5) is 11.6 Å². The van der Waals surface area contributed by atoms with Crippen molar-refractivity contribution in [1.82, 2.24) is 9.97 Å². The van der Waals surface area contributed by atoms with Crippen LogP contribution in [0.2, 0.25) is 5.02 Å². The van der Waals surface area contributed by atoms with Gasteiger partial charge in [0.15, 0.2) is 0 Å². The maximum atomic E-state index is 12.7. The van der Waals surface area contributed by atoms with Crippen molar-refractivity contribution in [3.63, 3.8) is 0 Å². The number of anilines is 2. The fourth-order valence-electron chi connectivity index (χ4n) is 3.92. The SMILES string of the molecule is COc1cc(NS(=O)(=O)c2ccccc2Cl)ccc1/C=C/c1cnc(NC2CCC(N)CC2)nc1. The zero-order valence-corrected chi connectivity index (χ0v) is 20.9. The van der Waals surface area contributed by atoms with Gasteiger partial charge in [0.1, 0.15) is 10.6 Å². The van der Waals surface area contributed by atoms with Crippen LogP contribution in [0.5, 0.6) is 5.75 Å². The van der Waals surface area contributed by atoms with Crippen molar-refractivity contribution in [2.45, 2.75) is 42.7 Å². The highest BCUT2D eigenvalue weighted by molar-refractivity contribution is 7.92. The lowest BCUT2D eigenvalue weighted by Gasteiger charge is -2.26. The quantitative estimate of drug-likeness (QED) is 0.396. The third kappa shape index (κ3) is 6.50. The van der Waals surface area contributed by atoms with E-state index < -0.39 is 10.0 Å². The Morgan fingerprint density at radius 3 is 2.46 bits per heavy atom. The Hall–Kier alpha value is -3.14. The number of halogens is 1. The van der Waals surface area contributed by atoms with Crippen LogP contribution in [0.3, 0.4) is 0 Å². The van der Waals surface area contributed by atoms with Crippen molar-refractivity contribution in [3.05, 3.63) is 71.0 Å². The summed E-state index contributed by atoms with van der Waals surface area (Å²) in [4.78, 5) is 8.84. The van der Waals surface area contributed by atoms with Crippen molar-refractivity contribution in [1.29, 1.82) is 0 Å². The molecule has 0 atom stereocenters. The molecule has 1 aliphatic carbocycles. The van der Waals surface area contributed by atoms with Crippen molar-refractivity contribution >= 4 is 45.4 Å². The molecule has 0 aliphatic heterocycles. The van der Waals surface area contributed by atoms with Crippen molar-refractivity contribution in [3.8, 4) is 5.75 Å². The van der Waals surface area contributed by atoms with E-state index in [1.807, 2.05) is 12.2 Å². The Morgan fingerprint density at radius 2 is 1.77 bits per heavy atom. The van der Waals surface area contributed by atoms with E-state index in [1.54, 1.807) is 42.7 Å². The van der Waals surface area contributed by atoms with Crippen LogP contribution >= 0.6 is 11.6 Å². The van der Waals surface area contributed by atoms with E-state index in [1.165, 1.54) is 19.2 Å². The van der Waals surface area contributed by atoms with E-state index in [0.717, 1.165) is 36.8 Å². The number of ether oxygens (including phenoxy) is 1. The van der Waals surface area contributed by atoms with Gasteiger partial charge in [-0.1, -0.05) is 35.9 Å². The van der Waals surface area contributed by atoms with Crippen LogP contribution in [-0.4, -0.2) is 37.6 Å². The van der Waals surface area contributed by atoms with Crippen LogP contribution in [0.1, 0.15) is 36.8 Å². The number of nitrogens with zero attached hydrogens (tertiary/aromatic N) is 2. The number of rotatable bonds is 8. The first kappa shape index (κ1) is 25.0. The number of hydrogen-bond donors (Lipinski definition) is 3. The monoisotopic (exact) mass is 513 g/mol. The molecule has 8 nitrogen and oxygen atoms in total. The molecule has 0 bridgehead atoms. The average Bonchev–Trinajstić information content (AvgIpc) is 2.85. The Balaban J connectivity index is 1.43. The molecule has 184 valence electrons. The van der Waals surface area contributed by atoms with Gasteiger partial charge in [0, 0.05) is 41.7 Å². The van der Waals surface area contributed by atoms with E-state index in [2.05, 4.69) is 20.0 Å². The molecule has 4 rings (SSSR count). The Labute approximate surface area is 210 Å². The summed E-state index contributed by atoms with van der Waals surface area (Å²) in [5.41, 5.74) is 7.93. The second-order valence-electron chi connectivity index (χ2n) is 8.42. The normalized spacial score (nSPS) is 18.4. The molecular formula is C25H28ClN5O3S. The lowest BCUT2D eigenvalue weighted by molar-refractivity contribution is 0.410. The van der Waals surface area contributed by atoms with Gasteiger partial charge in [-0.25, -0.2) is 18.4 Å². The smallest absolute Gasteiger partial charge is 0.263 e. The van der Waals surface area contributed by atoms with E-state index >= 15 is 0 Å². The van der Waals surface area contributed by atoms with E-state index in [0.29, 0.717) is 29.5 Å². The molecule has 0 spiro atoms. The molecule has 35 heavy (non-hydrogen) atoms. The van der Waals surface area contributed by atoms with Gasteiger partial charge in [-0.05, 0) is 49.9 Å². The first-order valence-electron chi connectivity index (χ1n) is 11.3. The van der Waals surface area contributed by atoms with Gasteiger partial charge < -0.3 is 15.8 Å². The molecule has 1 aromatic heterocycles. The largest absolute Gasteiger partial charge is 0.496 e. The van der Waals surface area contributed by atoms with Crippen LogP contribution in [-0.2, 0) is 10.0 Å². The maximum absolute atomic E-state index is 12.7. The van der Waals surface area contributed by atoms with Crippen LogP contribution < -0.4 is 20.5 Å². The van der Waals surface area contributed by atoms with E-state index in [4.69, 9.17) is 22.1 Å². The van der Waals surface area contributed by atoms with Gasteiger partial charge in [-0.2, -0.15) is 0 Å². The molecule has 1 saturated carbocycles. The number of methoxy groups -OCH3 is 1. The number of nitrogens with two attached hydrogens (primary N) is 1. The summed E-state index contributed by atoms with van der Waals surface area (Å²) in [6.45, 7) is 0. The average molecular weight is 514 g/mol. The van der Waals surface area contributed by atoms with Gasteiger partial charge in [0.25, 0.3) is 10.0 Å². The van der Waals surface area contributed by atoms with Crippen LogP contribution in [0, 0.1) is 0 Å². The Kier molecular flexibility index (Phi) is 7.90. The summed E-state index contributed by atoms with van der Waals surface area (Å²) in [5.74, 6) is 1.12. The van der Waals surface area contributed by atoms with Gasteiger partial charge in [-0.3, -0.25) is 4.72 Å². The Morgan fingerprint density at radius 1 is 1.06 bits per heavy atom. The molecule has 1 fully saturated rings. The molecular weight excluding hydrogens is 486 g/mol. The van der Waals surface area contributed by atoms with Crippen LogP contribution in [0.25, 0.3) is 12.2 Å². The summed E-state index contributed by atoms with van der Waals surface area (Å²) < 4.78 is 33.4. The van der Waals surface area contributed by atoms with Gasteiger partial charge in [-0.15, -0.1) is 0 Å². The summed E-state index contributed by atoms with van der Waals surface area (Å²) >= 11 is 6.05. The summed E-state index contributed by atoms with van der Waals surface area (Å²) in [6.07, 6.45) is 11.3. The molecule has 0 unspecified atom stereocenters. The van der Waals surface area contributed by atoms with Gasteiger partial charge >= 0.3 is 0 Å². The second kappa shape index (κ2) is 11.1. The second-order valence-corrected chi connectivity index (χ2v) is 10.5. The molecule has 10 heteroatoms. The highest BCUT2D eigenvalue weighted by atomic mass is 35.5. The fraction of sp³-hybridized carbons (Fsp3) is 0.280. The first-order valence-corrected chi connectivity index (χ1v) is 13.2. The van der Waals surface area contributed by atoms with Crippen molar-refractivity contribution < 1.29 is 13.2 Å². The molecule has 0 amide bonds. The minimum Gasteiger partial charge on any atom is -0.496 e. The highest BCUT2D eigenvalue weighted by Crippen LogP contribution is 2.28. The number of hydrogen-bond acceptors (Lipinski definition) is 7. The van der Waals surface area contributed by atoms with Gasteiger partial charge in [0.2, 0.25) is 5.95 Å². The summed E-state index contributed by atoms with van der Waals surface area (Å²) in [5, 5.41) is 3.53. The van der Waals surface area contributed by atoms with Gasteiger partial charge in [0.05, 0.1) is 17.8 Å². The molecule has 4 N–H and O–H groups in total. The summed E-state index contributed by atoms with van der Waals surface area (Å²) in [7, 11) is -2.31. The molecule has 2 aromatic carbocycles. The molecule has 3 aromatic rings. The van der Waals surface area contributed by atoms with Crippen molar-refractivity contribution in [2.24, 2.45) is 5.73 Å². The first-order chi connectivity index (χ1) is 16.8. The predicted molar refractivity (Wildman–Crippen MR) is 140 cm³/mol. The third-order valence-electron chi connectivity index (χ3n) is 5.84. The molecule has 0 saturated heterocycles. The fourth-order valence-corrected chi connectivity index (χ4v) is 5.49. The lowest BCUT2D eigenvalue weighted by Crippen LogP contribution is -2.33. The number of nitrogens with one attached hydrogen (secondary N) is 2. The zero-order chi connectivity index (χ0) is 24.8. The standard InChI is InChI=1S/C25H28ClN5O3S/c1-34-23-14-21(31-35(32,33)24-5-3-2-4-22(24)26)11-8-18(23)7-6-17-15-28-25(29-16-17)30-20-12-9-19(27)10-13-20/h2-8,11,14-16,19-20,31H,9-10,12-13,27H2,1H3,(H,28,29,30)/b7-6+. The lowest BCUT2D eigenvalue weighted by atomic mass is 9.92. The number of benzene rings is 2. The minimum absolute atomic E-state index is 0.00889. The van der Waals surface area contributed by atoms with E-state index in [-0.39, 0.29) is 9.92 Å². The maximum Gasteiger partial charge on any atom is 0.263 e. The number of aromatic nitrogens is 2. The zero-order valence-electron chi connectivity index (χ0n) is 19.3. The van der Waals surface area contributed by atoms with E-state index in [9.17, 15) is 8.42 Å². The topological polar surface area (TPSA) is 119 Å². The minimum atomic E-state index is -3.84. The highest BCUT2D eigenvalue weighted by Gasteiger charge is 2.19.